The van der Waals surface area contributed by atoms with Crippen molar-refractivity contribution in [2.24, 2.45) is 0 Å². The lowest BCUT2D eigenvalue weighted by atomic mass is 9.94. The van der Waals surface area contributed by atoms with E-state index in [9.17, 15) is 0 Å². The molecule has 1 nitrogen and oxygen atoms in total. The lowest BCUT2D eigenvalue weighted by molar-refractivity contribution is 1.19. The van der Waals surface area contributed by atoms with Crippen molar-refractivity contribution in [2.75, 3.05) is 0 Å². The van der Waals surface area contributed by atoms with E-state index in [1.807, 2.05) is 22.7 Å². The van der Waals surface area contributed by atoms with E-state index >= 15 is 0 Å². The zero-order valence-electron chi connectivity index (χ0n) is 26.2. The molecule has 226 valence electrons. The molecule has 0 N–H and O–H groups in total. The first kappa shape index (κ1) is 26.2. The van der Waals surface area contributed by atoms with E-state index in [1.54, 1.807) is 0 Å². The molecule has 0 unspecified atom stereocenters. The second-order valence-electron chi connectivity index (χ2n) is 13.2. The first-order valence-corrected chi connectivity index (χ1v) is 18.4. The molecule has 49 heavy (non-hydrogen) atoms. The first-order valence-electron chi connectivity index (χ1n) is 16.8. The molecular formula is C46H25NS2. The third-order valence-electron chi connectivity index (χ3n) is 10.7. The second-order valence-corrected chi connectivity index (χ2v) is 15.3. The van der Waals surface area contributed by atoms with Gasteiger partial charge in [-0.3, -0.25) is 0 Å². The Kier molecular flexibility index (Phi) is 5.06. The summed E-state index contributed by atoms with van der Waals surface area (Å²) >= 11 is 3.87. The Bertz CT molecular complexity index is 3180. The average Bonchev–Trinajstić information content (AvgIpc) is 3.91. The molecule has 0 amide bonds. The number of para-hydroxylation sites is 1. The first-order chi connectivity index (χ1) is 24.3. The summed E-state index contributed by atoms with van der Waals surface area (Å²) in [4.78, 5) is 0. The van der Waals surface area contributed by atoms with Crippen LogP contribution in [0.5, 0.6) is 0 Å². The highest BCUT2D eigenvalue weighted by molar-refractivity contribution is 7.33. The van der Waals surface area contributed by atoms with Crippen molar-refractivity contribution in [2.45, 2.75) is 0 Å². The highest BCUT2D eigenvalue weighted by atomic mass is 32.1. The molecule has 0 spiro atoms. The van der Waals surface area contributed by atoms with E-state index in [0.29, 0.717) is 0 Å². The maximum Gasteiger partial charge on any atom is 0.0641 e. The molecule has 3 heteroatoms. The van der Waals surface area contributed by atoms with Crippen molar-refractivity contribution in [3.05, 3.63) is 152 Å². The van der Waals surface area contributed by atoms with E-state index in [4.69, 9.17) is 0 Å². The topological polar surface area (TPSA) is 4.93 Å². The molecule has 0 radical (unpaired) electrons. The smallest absolute Gasteiger partial charge is 0.0641 e. The van der Waals surface area contributed by atoms with Crippen LogP contribution < -0.4 is 0 Å². The van der Waals surface area contributed by atoms with Gasteiger partial charge in [0.15, 0.2) is 0 Å². The fourth-order valence-electron chi connectivity index (χ4n) is 8.74. The minimum absolute atomic E-state index is 1.18. The van der Waals surface area contributed by atoms with E-state index < -0.39 is 0 Å². The van der Waals surface area contributed by atoms with Crippen LogP contribution in [0.4, 0.5) is 0 Å². The van der Waals surface area contributed by atoms with Crippen molar-refractivity contribution >= 4 is 95.6 Å². The van der Waals surface area contributed by atoms with Crippen LogP contribution in [-0.2, 0) is 0 Å². The molecule has 0 fully saturated rings. The normalized spacial score (nSPS) is 12.5. The maximum absolute atomic E-state index is 2.53. The van der Waals surface area contributed by atoms with Crippen LogP contribution in [-0.4, -0.2) is 4.57 Å². The monoisotopic (exact) mass is 655 g/mol. The molecule has 11 aromatic rings. The van der Waals surface area contributed by atoms with Crippen LogP contribution in [0.25, 0.3) is 112 Å². The Morgan fingerprint density at radius 1 is 0.347 bits per heavy atom. The van der Waals surface area contributed by atoms with Crippen LogP contribution in [0.2, 0.25) is 0 Å². The third kappa shape index (κ3) is 3.34. The summed E-state index contributed by atoms with van der Waals surface area (Å²) in [5, 5.41) is 10.8. The molecule has 8 aromatic carbocycles. The Hall–Kier alpha value is -5.74. The molecule has 3 aromatic heterocycles. The SMILES string of the molecule is c1ccc2c(c1)-c1cccc3c(-c4ccc(-n5c6ccccc6c6c7c8ccccc8sc7c7sc8ccccc8c7c65)cc4)ccc-2c13. The molecule has 3 heterocycles. The maximum atomic E-state index is 2.53. The van der Waals surface area contributed by atoms with Gasteiger partial charge in [-0.15, -0.1) is 22.7 Å². The number of rotatable bonds is 2. The van der Waals surface area contributed by atoms with Gasteiger partial charge < -0.3 is 4.57 Å². The molecule has 0 saturated carbocycles. The Labute approximate surface area is 289 Å². The largest absolute Gasteiger partial charge is 0.309 e. The number of aromatic nitrogens is 1. The van der Waals surface area contributed by atoms with Crippen LogP contribution in [0.3, 0.4) is 0 Å². The molecule has 1 aliphatic rings. The standard InChI is InChI=1S/C46H25NS2/c1-2-11-30-29(10-1)32-16-9-15-31-28(24-25-33(30)40(31)32)26-20-22-27(23-21-26)47-37-17-6-3-12-34(37)41-42-35-13-4-7-18-38(35)48-45(42)46-43(44(41)47)36-14-5-8-19-39(36)49-46/h1-25H. The zero-order valence-corrected chi connectivity index (χ0v) is 27.8. The van der Waals surface area contributed by atoms with Gasteiger partial charge in [-0.05, 0) is 74.5 Å². The number of benzene rings is 8. The summed E-state index contributed by atoms with van der Waals surface area (Å²) in [6, 6.07) is 56.4. The lowest BCUT2D eigenvalue weighted by Gasteiger charge is -2.13. The highest BCUT2D eigenvalue weighted by Crippen LogP contribution is 2.53. The number of fused-ring (bicyclic) bond motifs is 15. The lowest BCUT2D eigenvalue weighted by Crippen LogP contribution is -1.94. The fraction of sp³-hybridized carbons (Fsp3) is 0. The molecule has 0 bridgehead atoms. The van der Waals surface area contributed by atoms with Crippen LogP contribution >= 0.6 is 22.7 Å². The number of hydrogen-bond donors (Lipinski definition) is 0. The van der Waals surface area contributed by atoms with Crippen molar-refractivity contribution in [1.29, 1.82) is 0 Å². The number of nitrogens with zero attached hydrogens (tertiary/aromatic N) is 1. The van der Waals surface area contributed by atoms with Gasteiger partial charge in [0.05, 0.1) is 20.4 Å². The molecule has 1 aliphatic carbocycles. The third-order valence-corrected chi connectivity index (χ3v) is 13.2. The van der Waals surface area contributed by atoms with Gasteiger partial charge in [0, 0.05) is 47.4 Å². The summed E-state index contributed by atoms with van der Waals surface area (Å²) < 4.78 is 8.01. The van der Waals surface area contributed by atoms with Crippen LogP contribution in [0.15, 0.2) is 152 Å². The van der Waals surface area contributed by atoms with E-state index in [-0.39, 0.29) is 0 Å². The molecule has 12 rings (SSSR count). The zero-order chi connectivity index (χ0) is 31.8. The van der Waals surface area contributed by atoms with Crippen molar-refractivity contribution in [3.63, 3.8) is 0 Å². The van der Waals surface area contributed by atoms with E-state index in [2.05, 4.69) is 156 Å². The van der Waals surface area contributed by atoms with Gasteiger partial charge in [-0.25, -0.2) is 0 Å². The van der Waals surface area contributed by atoms with Crippen molar-refractivity contribution < 1.29 is 0 Å². The minimum Gasteiger partial charge on any atom is -0.309 e. The molecule has 0 atom stereocenters. The van der Waals surface area contributed by atoms with Gasteiger partial charge >= 0.3 is 0 Å². The number of thiophene rings is 2. The summed E-state index contributed by atoms with van der Waals surface area (Å²) in [6.45, 7) is 0. The average molecular weight is 656 g/mol. The predicted molar refractivity (Wildman–Crippen MR) is 214 cm³/mol. The van der Waals surface area contributed by atoms with Gasteiger partial charge in [0.1, 0.15) is 0 Å². The minimum atomic E-state index is 1.18. The quantitative estimate of drug-likeness (QED) is 0.175. The van der Waals surface area contributed by atoms with Gasteiger partial charge in [-0.1, -0.05) is 121 Å². The van der Waals surface area contributed by atoms with E-state index in [0.717, 1.165) is 0 Å². The Morgan fingerprint density at radius 3 is 1.65 bits per heavy atom. The fourth-order valence-corrected chi connectivity index (χ4v) is 11.3. The van der Waals surface area contributed by atoms with Gasteiger partial charge in [0.2, 0.25) is 0 Å². The van der Waals surface area contributed by atoms with Gasteiger partial charge in [0.25, 0.3) is 0 Å². The highest BCUT2D eigenvalue weighted by Gasteiger charge is 2.25. The molecular weight excluding hydrogens is 631 g/mol. The Morgan fingerprint density at radius 2 is 0.898 bits per heavy atom. The van der Waals surface area contributed by atoms with Gasteiger partial charge in [-0.2, -0.15) is 0 Å². The number of hydrogen-bond acceptors (Lipinski definition) is 2. The summed E-state index contributed by atoms with van der Waals surface area (Å²) in [5.41, 5.74) is 11.6. The summed E-state index contributed by atoms with van der Waals surface area (Å²) in [7, 11) is 0. The van der Waals surface area contributed by atoms with Crippen molar-refractivity contribution in [3.8, 4) is 39.1 Å². The molecule has 0 aliphatic heterocycles. The van der Waals surface area contributed by atoms with Crippen LogP contribution in [0.1, 0.15) is 0 Å². The Balaban J connectivity index is 1.16. The predicted octanol–water partition coefficient (Wildman–Crippen LogP) is 14.0. The second kappa shape index (κ2) is 9.45. The van der Waals surface area contributed by atoms with E-state index in [1.165, 1.54) is 112 Å². The molecule has 0 saturated heterocycles. The summed E-state index contributed by atoms with van der Waals surface area (Å²) in [6.07, 6.45) is 0. The van der Waals surface area contributed by atoms with Crippen LogP contribution in [0, 0.1) is 0 Å². The van der Waals surface area contributed by atoms with Crippen molar-refractivity contribution in [1.82, 2.24) is 4.57 Å². The summed E-state index contributed by atoms with van der Waals surface area (Å²) in [5.74, 6) is 0.